The number of amides is 1. The molecule has 0 aromatic heterocycles. The van der Waals surface area contributed by atoms with Gasteiger partial charge in [0.1, 0.15) is 11.8 Å². The molecule has 0 heterocycles. The van der Waals surface area contributed by atoms with E-state index < -0.39 is 11.9 Å². The first-order valence-corrected chi connectivity index (χ1v) is 5.72. The maximum absolute atomic E-state index is 11.5. The smallest absolute Gasteiger partial charge is 0.239 e. The average molecular weight is 236 g/mol. The first kappa shape index (κ1) is 13.5. The Morgan fingerprint density at radius 2 is 2.06 bits per heavy atom. The number of nitrogens with one attached hydrogen (secondary N) is 1. The highest BCUT2D eigenvalue weighted by molar-refractivity contribution is 5.82. The van der Waals surface area contributed by atoms with E-state index in [-0.39, 0.29) is 0 Å². The predicted octanol–water partition coefficient (Wildman–Crippen LogP) is 1.47. The highest BCUT2D eigenvalue weighted by Crippen LogP contribution is 2.24. The van der Waals surface area contributed by atoms with Crippen molar-refractivity contribution in [3.8, 4) is 5.75 Å². The zero-order valence-electron chi connectivity index (χ0n) is 10.6. The Kier molecular flexibility index (Phi) is 4.97. The molecule has 1 aromatic rings. The van der Waals surface area contributed by atoms with Crippen LogP contribution in [0.3, 0.4) is 0 Å². The SMILES string of the molecule is COc1ccccc1C(NCC(C)C)C(N)=O. The summed E-state index contributed by atoms with van der Waals surface area (Å²) in [6.07, 6.45) is 0. The largest absolute Gasteiger partial charge is 0.496 e. The summed E-state index contributed by atoms with van der Waals surface area (Å²) in [5.74, 6) is 0.731. The molecule has 4 nitrogen and oxygen atoms in total. The molecule has 0 aliphatic carbocycles. The molecule has 0 saturated carbocycles. The van der Waals surface area contributed by atoms with Crippen molar-refractivity contribution >= 4 is 5.91 Å². The summed E-state index contributed by atoms with van der Waals surface area (Å²) in [6, 6.07) is 6.89. The molecule has 0 saturated heterocycles. The molecule has 0 fully saturated rings. The molecule has 17 heavy (non-hydrogen) atoms. The zero-order chi connectivity index (χ0) is 12.8. The lowest BCUT2D eigenvalue weighted by Crippen LogP contribution is -2.35. The van der Waals surface area contributed by atoms with Crippen molar-refractivity contribution in [3.05, 3.63) is 29.8 Å². The fourth-order valence-corrected chi connectivity index (χ4v) is 1.62. The van der Waals surface area contributed by atoms with Crippen LogP contribution in [0.5, 0.6) is 5.75 Å². The Morgan fingerprint density at radius 1 is 1.41 bits per heavy atom. The van der Waals surface area contributed by atoms with Crippen molar-refractivity contribution in [3.63, 3.8) is 0 Å². The van der Waals surface area contributed by atoms with Crippen molar-refractivity contribution in [2.24, 2.45) is 11.7 Å². The number of nitrogens with two attached hydrogens (primary N) is 1. The average Bonchev–Trinajstić information content (AvgIpc) is 2.29. The van der Waals surface area contributed by atoms with E-state index in [1.165, 1.54) is 0 Å². The first-order valence-electron chi connectivity index (χ1n) is 5.72. The molecular formula is C13H20N2O2. The summed E-state index contributed by atoms with van der Waals surface area (Å²) in [5.41, 5.74) is 6.20. The molecule has 0 bridgehead atoms. The fraction of sp³-hybridized carbons (Fsp3) is 0.462. The molecule has 1 unspecified atom stereocenters. The van der Waals surface area contributed by atoms with Crippen molar-refractivity contribution in [2.45, 2.75) is 19.9 Å². The monoisotopic (exact) mass is 236 g/mol. The number of primary amides is 1. The Hall–Kier alpha value is -1.55. The van der Waals surface area contributed by atoms with Gasteiger partial charge in [0.15, 0.2) is 0 Å². The van der Waals surface area contributed by atoms with Gasteiger partial charge in [0.05, 0.1) is 7.11 Å². The third kappa shape index (κ3) is 3.75. The van der Waals surface area contributed by atoms with Crippen molar-refractivity contribution in [1.82, 2.24) is 5.32 Å². The van der Waals surface area contributed by atoms with Crippen molar-refractivity contribution in [2.75, 3.05) is 13.7 Å². The van der Waals surface area contributed by atoms with Crippen LogP contribution >= 0.6 is 0 Å². The summed E-state index contributed by atoms with van der Waals surface area (Å²) >= 11 is 0. The minimum absolute atomic E-state index is 0.393. The minimum atomic E-state index is -0.506. The van der Waals surface area contributed by atoms with Gasteiger partial charge in [0.2, 0.25) is 5.91 Å². The van der Waals surface area contributed by atoms with Crippen LogP contribution in [0.1, 0.15) is 25.5 Å². The maximum atomic E-state index is 11.5. The zero-order valence-corrected chi connectivity index (χ0v) is 10.6. The standard InChI is InChI=1S/C13H20N2O2/c1-9(2)8-15-12(13(14)16)10-6-4-5-7-11(10)17-3/h4-7,9,12,15H,8H2,1-3H3,(H2,14,16). The lowest BCUT2D eigenvalue weighted by molar-refractivity contribution is -0.120. The van der Waals surface area contributed by atoms with Gasteiger partial charge in [0, 0.05) is 5.56 Å². The normalized spacial score (nSPS) is 12.5. The number of rotatable bonds is 6. The lowest BCUT2D eigenvalue weighted by Gasteiger charge is -2.19. The van der Waals surface area contributed by atoms with Gasteiger partial charge in [-0.25, -0.2) is 0 Å². The molecule has 1 rings (SSSR count). The second-order valence-corrected chi connectivity index (χ2v) is 4.38. The maximum Gasteiger partial charge on any atom is 0.239 e. The van der Waals surface area contributed by atoms with Crippen LogP contribution in [-0.2, 0) is 4.79 Å². The Morgan fingerprint density at radius 3 is 2.59 bits per heavy atom. The second kappa shape index (κ2) is 6.25. The van der Waals surface area contributed by atoms with E-state index in [2.05, 4.69) is 19.2 Å². The number of carbonyl (C=O) groups excluding carboxylic acids is 1. The molecule has 0 spiro atoms. The Bertz CT molecular complexity index is 377. The predicted molar refractivity (Wildman–Crippen MR) is 67.8 cm³/mol. The summed E-state index contributed by atoms with van der Waals surface area (Å²) in [6.45, 7) is 4.88. The number of hydrogen-bond acceptors (Lipinski definition) is 3. The summed E-state index contributed by atoms with van der Waals surface area (Å²) in [7, 11) is 1.58. The van der Waals surface area contributed by atoms with Gasteiger partial charge in [0.25, 0.3) is 0 Å². The van der Waals surface area contributed by atoms with Gasteiger partial charge in [-0.15, -0.1) is 0 Å². The number of hydrogen-bond donors (Lipinski definition) is 2. The van der Waals surface area contributed by atoms with Crippen LogP contribution < -0.4 is 15.8 Å². The number of benzene rings is 1. The topological polar surface area (TPSA) is 64.3 Å². The molecule has 3 N–H and O–H groups in total. The summed E-state index contributed by atoms with van der Waals surface area (Å²) < 4.78 is 5.24. The third-order valence-corrected chi connectivity index (χ3v) is 2.46. The number of methoxy groups -OCH3 is 1. The second-order valence-electron chi connectivity index (χ2n) is 4.38. The lowest BCUT2D eigenvalue weighted by atomic mass is 10.0. The molecule has 1 amide bonds. The van der Waals surface area contributed by atoms with E-state index >= 15 is 0 Å². The minimum Gasteiger partial charge on any atom is -0.496 e. The van der Waals surface area contributed by atoms with Gasteiger partial charge >= 0.3 is 0 Å². The van der Waals surface area contributed by atoms with E-state index in [0.717, 1.165) is 12.1 Å². The van der Waals surface area contributed by atoms with E-state index in [0.29, 0.717) is 11.7 Å². The summed E-state index contributed by atoms with van der Waals surface area (Å²) in [4.78, 5) is 11.5. The fourth-order valence-electron chi connectivity index (χ4n) is 1.62. The molecule has 1 aromatic carbocycles. The van der Waals surface area contributed by atoms with E-state index in [1.807, 2.05) is 24.3 Å². The van der Waals surface area contributed by atoms with Crippen molar-refractivity contribution < 1.29 is 9.53 Å². The molecule has 94 valence electrons. The summed E-state index contributed by atoms with van der Waals surface area (Å²) in [5, 5.41) is 3.16. The van der Waals surface area contributed by atoms with Crippen LogP contribution in [0.2, 0.25) is 0 Å². The molecular weight excluding hydrogens is 216 g/mol. The van der Waals surface area contributed by atoms with E-state index in [1.54, 1.807) is 7.11 Å². The molecule has 1 atom stereocenters. The highest BCUT2D eigenvalue weighted by atomic mass is 16.5. The van der Waals surface area contributed by atoms with Gasteiger partial charge in [-0.3, -0.25) is 4.79 Å². The van der Waals surface area contributed by atoms with Gasteiger partial charge < -0.3 is 15.8 Å². The van der Waals surface area contributed by atoms with Crippen LogP contribution in [0.25, 0.3) is 0 Å². The van der Waals surface area contributed by atoms with Gasteiger partial charge in [-0.05, 0) is 18.5 Å². The molecule has 0 radical (unpaired) electrons. The van der Waals surface area contributed by atoms with E-state index in [9.17, 15) is 4.79 Å². The Balaban J connectivity index is 2.93. The van der Waals surface area contributed by atoms with Gasteiger partial charge in [-0.2, -0.15) is 0 Å². The number of para-hydroxylation sites is 1. The molecule has 0 aliphatic heterocycles. The number of carbonyl (C=O) groups is 1. The van der Waals surface area contributed by atoms with Crippen LogP contribution in [0.15, 0.2) is 24.3 Å². The number of ether oxygens (including phenoxy) is 1. The van der Waals surface area contributed by atoms with Crippen LogP contribution in [0.4, 0.5) is 0 Å². The third-order valence-electron chi connectivity index (χ3n) is 2.46. The van der Waals surface area contributed by atoms with Crippen LogP contribution in [-0.4, -0.2) is 19.6 Å². The van der Waals surface area contributed by atoms with Gasteiger partial charge in [-0.1, -0.05) is 32.0 Å². The molecule has 0 aliphatic rings. The quantitative estimate of drug-likeness (QED) is 0.786. The molecule has 4 heteroatoms. The highest BCUT2D eigenvalue weighted by Gasteiger charge is 2.20. The van der Waals surface area contributed by atoms with Crippen LogP contribution in [0, 0.1) is 5.92 Å². The van der Waals surface area contributed by atoms with Crippen molar-refractivity contribution in [1.29, 1.82) is 0 Å². The Labute approximate surface area is 102 Å². The first-order chi connectivity index (χ1) is 8.06. The van der Waals surface area contributed by atoms with E-state index in [4.69, 9.17) is 10.5 Å².